The number of amides is 1. The quantitative estimate of drug-likeness (QED) is 0.515. The van der Waals surface area contributed by atoms with Crippen molar-refractivity contribution in [2.24, 2.45) is 0 Å². The minimum absolute atomic E-state index is 0.0423. The zero-order valence-corrected chi connectivity index (χ0v) is 16.8. The van der Waals surface area contributed by atoms with E-state index in [2.05, 4.69) is 5.32 Å². The Morgan fingerprint density at radius 2 is 1.34 bits per heavy atom. The largest absolute Gasteiger partial charge is 0.445 e. The Kier molecular flexibility index (Phi) is 7.90. The van der Waals surface area contributed by atoms with Crippen LogP contribution in [0.15, 0.2) is 95.9 Å². The molecule has 0 saturated heterocycles. The Morgan fingerprint density at radius 1 is 0.793 bits per heavy atom. The SMILES string of the molecule is O=C(N[C@@H](Cc1ccccc1)C(=O)CSc1ccccc1)OCc1ccccc1. The van der Waals surface area contributed by atoms with Crippen LogP contribution in [-0.4, -0.2) is 23.7 Å². The highest BCUT2D eigenvalue weighted by Gasteiger charge is 2.22. The first kappa shape index (κ1) is 20.7. The van der Waals surface area contributed by atoms with E-state index in [9.17, 15) is 9.59 Å². The number of nitrogens with one attached hydrogen (secondary N) is 1. The predicted molar refractivity (Wildman–Crippen MR) is 116 cm³/mol. The van der Waals surface area contributed by atoms with Crippen molar-refractivity contribution in [1.82, 2.24) is 5.32 Å². The smallest absolute Gasteiger partial charge is 0.408 e. The molecule has 0 aliphatic heterocycles. The second-order valence-electron chi connectivity index (χ2n) is 6.52. The molecule has 1 amide bonds. The number of hydrogen-bond acceptors (Lipinski definition) is 4. The van der Waals surface area contributed by atoms with E-state index in [-0.39, 0.29) is 18.1 Å². The van der Waals surface area contributed by atoms with E-state index in [0.29, 0.717) is 6.42 Å². The number of ketones is 1. The number of carbonyl (C=O) groups excluding carboxylic acids is 2. The van der Waals surface area contributed by atoms with Gasteiger partial charge in [-0.2, -0.15) is 0 Å². The number of carbonyl (C=O) groups is 2. The lowest BCUT2D eigenvalue weighted by Gasteiger charge is -2.18. The third-order valence-electron chi connectivity index (χ3n) is 4.30. The second kappa shape index (κ2) is 11.1. The summed E-state index contributed by atoms with van der Waals surface area (Å²) in [5.74, 6) is 0.236. The van der Waals surface area contributed by atoms with Gasteiger partial charge in [0.15, 0.2) is 5.78 Å². The molecule has 0 heterocycles. The van der Waals surface area contributed by atoms with Crippen molar-refractivity contribution in [2.75, 3.05) is 5.75 Å². The van der Waals surface area contributed by atoms with E-state index < -0.39 is 12.1 Å². The number of alkyl carbamates (subject to hydrolysis) is 1. The molecule has 0 radical (unpaired) electrons. The lowest BCUT2D eigenvalue weighted by atomic mass is 10.0. The van der Waals surface area contributed by atoms with E-state index in [4.69, 9.17) is 4.74 Å². The third-order valence-corrected chi connectivity index (χ3v) is 5.33. The van der Waals surface area contributed by atoms with Crippen LogP contribution in [0.5, 0.6) is 0 Å². The monoisotopic (exact) mass is 405 g/mol. The fraction of sp³-hybridized carbons (Fsp3) is 0.167. The average Bonchev–Trinajstić information content (AvgIpc) is 2.78. The molecule has 148 valence electrons. The van der Waals surface area contributed by atoms with Crippen LogP contribution in [0.3, 0.4) is 0 Å². The summed E-state index contributed by atoms with van der Waals surface area (Å²) in [6.45, 7) is 0.164. The number of thioether (sulfide) groups is 1. The lowest BCUT2D eigenvalue weighted by molar-refractivity contribution is -0.118. The molecule has 0 bridgehead atoms. The molecular formula is C24H23NO3S. The summed E-state index contributed by atoms with van der Waals surface area (Å²) in [5.41, 5.74) is 1.88. The van der Waals surface area contributed by atoms with Gasteiger partial charge in [0.2, 0.25) is 0 Å². The first-order valence-electron chi connectivity index (χ1n) is 9.42. The molecule has 0 unspecified atom stereocenters. The van der Waals surface area contributed by atoms with Crippen molar-refractivity contribution in [3.05, 3.63) is 102 Å². The molecule has 0 aliphatic rings. The Morgan fingerprint density at radius 3 is 1.97 bits per heavy atom. The molecule has 0 aliphatic carbocycles. The maximum atomic E-state index is 12.8. The summed E-state index contributed by atoms with van der Waals surface area (Å²) >= 11 is 1.46. The summed E-state index contributed by atoms with van der Waals surface area (Å²) in [6, 6.07) is 28.2. The minimum Gasteiger partial charge on any atom is -0.445 e. The van der Waals surface area contributed by atoms with Crippen LogP contribution in [0, 0.1) is 0 Å². The molecule has 1 N–H and O–H groups in total. The maximum Gasteiger partial charge on any atom is 0.408 e. The van der Waals surface area contributed by atoms with Gasteiger partial charge in [0, 0.05) is 4.90 Å². The van der Waals surface area contributed by atoms with E-state index >= 15 is 0 Å². The second-order valence-corrected chi connectivity index (χ2v) is 7.57. The molecule has 3 rings (SSSR count). The molecule has 3 aromatic rings. The number of Topliss-reactive ketones (excluding diaryl/α,β-unsaturated/α-hetero) is 1. The minimum atomic E-state index is -0.642. The van der Waals surface area contributed by atoms with Gasteiger partial charge >= 0.3 is 6.09 Å². The van der Waals surface area contributed by atoms with Gasteiger partial charge in [0.25, 0.3) is 0 Å². The van der Waals surface area contributed by atoms with E-state index in [1.165, 1.54) is 11.8 Å². The van der Waals surface area contributed by atoms with Gasteiger partial charge < -0.3 is 10.1 Å². The zero-order chi connectivity index (χ0) is 20.3. The fourth-order valence-electron chi connectivity index (χ4n) is 2.77. The van der Waals surface area contributed by atoms with Crippen LogP contribution in [0.4, 0.5) is 4.79 Å². The van der Waals surface area contributed by atoms with Gasteiger partial charge in [-0.05, 0) is 29.7 Å². The van der Waals surface area contributed by atoms with Crippen LogP contribution in [0.1, 0.15) is 11.1 Å². The number of benzene rings is 3. The molecule has 0 spiro atoms. The third kappa shape index (κ3) is 7.12. The first-order chi connectivity index (χ1) is 14.2. The van der Waals surface area contributed by atoms with Crippen LogP contribution in [-0.2, 0) is 22.6 Å². The summed E-state index contributed by atoms with van der Waals surface area (Å²) in [5, 5.41) is 2.75. The van der Waals surface area contributed by atoms with Crippen LogP contribution in [0.25, 0.3) is 0 Å². The molecule has 0 fully saturated rings. The van der Waals surface area contributed by atoms with E-state index in [0.717, 1.165) is 16.0 Å². The van der Waals surface area contributed by atoms with E-state index in [1.807, 2.05) is 91.0 Å². The summed E-state index contributed by atoms with van der Waals surface area (Å²) < 4.78 is 5.30. The Labute approximate surface area is 175 Å². The summed E-state index contributed by atoms with van der Waals surface area (Å²) in [4.78, 5) is 26.2. The van der Waals surface area contributed by atoms with Crippen molar-refractivity contribution in [3.8, 4) is 0 Å². The normalized spacial score (nSPS) is 11.4. The molecule has 29 heavy (non-hydrogen) atoms. The Balaban J connectivity index is 1.60. The zero-order valence-electron chi connectivity index (χ0n) is 16.0. The van der Waals surface area contributed by atoms with Crippen LogP contribution < -0.4 is 5.32 Å². The van der Waals surface area contributed by atoms with Crippen molar-refractivity contribution in [3.63, 3.8) is 0 Å². The summed E-state index contributed by atoms with van der Waals surface area (Å²) in [7, 11) is 0. The van der Waals surface area contributed by atoms with Gasteiger partial charge in [-0.15, -0.1) is 11.8 Å². The van der Waals surface area contributed by atoms with E-state index in [1.54, 1.807) is 0 Å². The topological polar surface area (TPSA) is 55.4 Å². The van der Waals surface area contributed by atoms with Crippen LogP contribution in [0.2, 0.25) is 0 Å². The first-order valence-corrected chi connectivity index (χ1v) is 10.4. The van der Waals surface area contributed by atoms with Gasteiger partial charge in [-0.1, -0.05) is 78.9 Å². The van der Waals surface area contributed by atoms with Crippen molar-refractivity contribution in [2.45, 2.75) is 24.0 Å². The van der Waals surface area contributed by atoms with Crippen molar-refractivity contribution >= 4 is 23.6 Å². The van der Waals surface area contributed by atoms with Gasteiger partial charge in [0.05, 0.1) is 11.8 Å². The van der Waals surface area contributed by atoms with Gasteiger partial charge in [0.1, 0.15) is 6.61 Å². The molecule has 4 nitrogen and oxygen atoms in total. The Hall–Kier alpha value is -3.05. The molecule has 5 heteroatoms. The molecule has 3 aromatic carbocycles. The highest BCUT2D eigenvalue weighted by Crippen LogP contribution is 2.18. The predicted octanol–water partition coefficient (Wildman–Crippen LogP) is 4.89. The number of rotatable bonds is 9. The molecule has 0 aromatic heterocycles. The number of hydrogen-bond donors (Lipinski definition) is 1. The molecular weight excluding hydrogens is 382 g/mol. The van der Waals surface area contributed by atoms with Gasteiger partial charge in [-0.25, -0.2) is 4.79 Å². The molecule has 1 atom stereocenters. The Bertz CT molecular complexity index is 901. The highest BCUT2D eigenvalue weighted by molar-refractivity contribution is 8.00. The maximum absolute atomic E-state index is 12.8. The number of ether oxygens (including phenoxy) is 1. The van der Waals surface area contributed by atoms with Crippen LogP contribution >= 0.6 is 11.8 Å². The standard InChI is InChI=1S/C24H23NO3S/c26-23(18-29-21-14-8-3-9-15-21)22(16-19-10-4-1-5-11-19)25-24(27)28-17-20-12-6-2-7-13-20/h1-15,22H,16-18H2,(H,25,27)/t22-/m0/s1. The van der Waals surface area contributed by atoms with Crippen molar-refractivity contribution < 1.29 is 14.3 Å². The van der Waals surface area contributed by atoms with Crippen molar-refractivity contribution in [1.29, 1.82) is 0 Å². The fourth-order valence-corrected chi connectivity index (χ4v) is 3.63. The summed E-state index contributed by atoms with van der Waals surface area (Å²) in [6.07, 6.45) is -0.164. The highest BCUT2D eigenvalue weighted by atomic mass is 32.2. The lowest BCUT2D eigenvalue weighted by Crippen LogP contribution is -2.43. The molecule has 0 saturated carbocycles. The average molecular weight is 406 g/mol. The van der Waals surface area contributed by atoms with Gasteiger partial charge in [-0.3, -0.25) is 4.79 Å².